The maximum absolute atomic E-state index is 13.2. The Morgan fingerprint density at radius 1 is 1.17 bits per heavy atom. The van der Waals surface area contributed by atoms with Gasteiger partial charge < -0.3 is 10.5 Å². The Bertz CT molecular complexity index is 825. The molecule has 24 heavy (non-hydrogen) atoms. The van der Waals surface area contributed by atoms with Gasteiger partial charge in [0.15, 0.2) is 9.84 Å². The number of halogens is 1. The first kappa shape index (κ1) is 17.4. The van der Waals surface area contributed by atoms with Crippen LogP contribution in [0.25, 0.3) is 0 Å². The molecule has 3 atom stereocenters. The van der Waals surface area contributed by atoms with Gasteiger partial charge in [-0.15, -0.1) is 0 Å². The molecule has 0 saturated heterocycles. The van der Waals surface area contributed by atoms with Crippen LogP contribution < -0.4 is 5.73 Å². The Labute approximate surface area is 147 Å². The molecule has 128 valence electrons. The summed E-state index contributed by atoms with van der Waals surface area (Å²) in [6.45, 7) is 0.520. The van der Waals surface area contributed by atoms with Crippen LogP contribution in [0.3, 0.4) is 0 Å². The number of ether oxygens (including phenoxy) is 1. The van der Waals surface area contributed by atoms with Gasteiger partial charge in [-0.3, -0.25) is 0 Å². The maximum Gasteiger partial charge on any atom is 0.182 e. The van der Waals surface area contributed by atoms with Gasteiger partial charge in [0.2, 0.25) is 0 Å². The third-order valence-electron chi connectivity index (χ3n) is 4.79. The van der Waals surface area contributed by atoms with E-state index in [1.807, 2.05) is 18.2 Å². The fraction of sp³-hybridized carbons (Fsp3) is 0.333. The monoisotopic (exact) mass is 365 g/mol. The van der Waals surface area contributed by atoms with Crippen LogP contribution in [-0.4, -0.2) is 33.9 Å². The van der Waals surface area contributed by atoms with Gasteiger partial charge in [-0.2, -0.15) is 0 Å². The van der Waals surface area contributed by atoms with Crippen molar-refractivity contribution in [2.45, 2.75) is 16.1 Å². The molecule has 0 heterocycles. The molecule has 0 aromatic heterocycles. The van der Waals surface area contributed by atoms with E-state index < -0.39 is 20.5 Å². The fourth-order valence-corrected chi connectivity index (χ4v) is 6.31. The minimum absolute atomic E-state index is 0.230. The van der Waals surface area contributed by atoms with Crippen molar-refractivity contribution >= 4 is 21.4 Å². The zero-order valence-electron chi connectivity index (χ0n) is 13.4. The third kappa shape index (κ3) is 2.75. The fourth-order valence-electron chi connectivity index (χ4n) is 3.65. The van der Waals surface area contributed by atoms with E-state index in [4.69, 9.17) is 22.1 Å². The highest BCUT2D eigenvalue weighted by molar-refractivity contribution is 7.92. The van der Waals surface area contributed by atoms with Gasteiger partial charge >= 0.3 is 0 Å². The average Bonchev–Trinajstić information content (AvgIpc) is 3.26. The Kier molecular flexibility index (Phi) is 4.71. The highest BCUT2D eigenvalue weighted by Crippen LogP contribution is 2.63. The predicted octanol–water partition coefficient (Wildman–Crippen LogP) is 2.87. The first-order chi connectivity index (χ1) is 11.5. The molecule has 2 aromatic carbocycles. The van der Waals surface area contributed by atoms with E-state index in [-0.39, 0.29) is 19.1 Å². The van der Waals surface area contributed by atoms with Crippen molar-refractivity contribution < 1.29 is 13.2 Å². The number of rotatable bonds is 6. The predicted molar refractivity (Wildman–Crippen MR) is 95.0 cm³/mol. The van der Waals surface area contributed by atoms with Crippen LogP contribution in [0.5, 0.6) is 0 Å². The number of hydrogen-bond acceptors (Lipinski definition) is 4. The Hall–Kier alpha value is -1.40. The van der Waals surface area contributed by atoms with Gasteiger partial charge in [-0.05, 0) is 29.8 Å². The second kappa shape index (κ2) is 6.48. The number of sulfone groups is 1. The van der Waals surface area contributed by atoms with E-state index >= 15 is 0 Å². The lowest BCUT2D eigenvalue weighted by atomic mass is 10.00. The molecular formula is C18H20ClNO3S. The Morgan fingerprint density at radius 3 is 2.46 bits per heavy atom. The molecule has 6 heteroatoms. The van der Waals surface area contributed by atoms with E-state index in [2.05, 4.69) is 0 Å². The first-order valence-electron chi connectivity index (χ1n) is 7.71. The van der Waals surface area contributed by atoms with E-state index in [1.165, 1.54) is 0 Å². The van der Waals surface area contributed by atoms with Crippen molar-refractivity contribution in [2.75, 3.05) is 20.3 Å². The van der Waals surface area contributed by atoms with Crippen molar-refractivity contribution in [1.82, 2.24) is 0 Å². The van der Waals surface area contributed by atoms with Crippen molar-refractivity contribution in [2.24, 2.45) is 11.1 Å². The van der Waals surface area contributed by atoms with Crippen molar-refractivity contribution in [3.05, 3.63) is 65.2 Å². The number of benzene rings is 2. The molecule has 1 fully saturated rings. The van der Waals surface area contributed by atoms with Gasteiger partial charge in [0.25, 0.3) is 0 Å². The molecule has 0 radical (unpaired) electrons. The van der Waals surface area contributed by atoms with Crippen LogP contribution in [0.4, 0.5) is 0 Å². The maximum atomic E-state index is 13.2. The summed E-state index contributed by atoms with van der Waals surface area (Å²) in [5, 5.41) is -0.0329. The number of methoxy groups -OCH3 is 1. The zero-order chi connectivity index (χ0) is 17.4. The highest BCUT2D eigenvalue weighted by Gasteiger charge is 2.70. The summed E-state index contributed by atoms with van der Waals surface area (Å²) in [7, 11) is -1.95. The van der Waals surface area contributed by atoms with Gasteiger partial charge in [0.05, 0.1) is 16.8 Å². The van der Waals surface area contributed by atoms with Gasteiger partial charge in [-0.1, -0.05) is 41.9 Å². The molecule has 0 aliphatic heterocycles. The molecule has 0 spiro atoms. The van der Waals surface area contributed by atoms with Crippen LogP contribution in [0.2, 0.25) is 5.02 Å². The molecule has 0 amide bonds. The second-order valence-corrected chi connectivity index (χ2v) is 8.69. The minimum Gasteiger partial charge on any atom is -0.384 e. The quantitative estimate of drug-likeness (QED) is 0.854. The summed E-state index contributed by atoms with van der Waals surface area (Å²) in [4.78, 5) is 0.313. The standard InChI is InChI=1S/C18H20ClNO3S/c1-23-12-18(11-20)16(13-6-5-7-14(19)10-13)17(18)24(21,22)15-8-3-2-4-9-15/h2-10,16-17H,11-12,20H2,1H3/t16-,17-,18-/m1/s1. The van der Waals surface area contributed by atoms with E-state index in [1.54, 1.807) is 43.5 Å². The Morgan fingerprint density at radius 2 is 1.88 bits per heavy atom. The molecule has 4 nitrogen and oxygen atoms in total. The molecule has 1 aliphatic rings. The molecule has 0 bridgehead atoms. The highest BCUT2D eigenvalue weighted by atomic mass is 35.5. The summed E-state index contributed by atoms with van der Waals surface area (Å²) in [6.07, 6.45) is 0. The third-order valence-corrected chi connectivity index (χ3v) is 7.36. The van der Waals surface area contributed by atoms with Crippen molar-refractivity contribution in [3.63, 3.8) is 0 Å². The Balaban J connectivity index is 2.07. The van der Waals surface area contributed by atoms with Crippen molar-refractivity contribution in [3.8, 4) is 0 Å². The van der Waals surface area contributed by atoms with Crippen LogP contribution in [0.15, 0.2) is 59.5 Å². The van der Waals surface area contributed by atoms with Gasteiger partial charge in [0.1, 0.15) is 0 Å². The lowest BCUT2D eigenvalue weighted by Gasteiger charge is -2.15. The van der Waals surface area contributed by atoms with Crippen molar-refractivity contribution in [1.29, 1.82) is 0 Å². The SMILES string of the molecule is COC[C@]1(CN)[C@H](c2cccc(Cl)c2)[C@H]1S(=O)(=O)c1ccccc1. The van der Waals surface area contributed by atoms with Crippen LogP contribution in [-0.2, 0) is 14.6 Å². The summed E-state index contributed by atoms with van der Waals surface area (Å²) in [5.74, 6) is -0.230. The van der Waals surface area contributed by atoms with E-state index in [0.717, 1.165) is 5.56 Å². The van der Waals surface area contributed by atoms with Gasteiger partial charge in [0, 0.05) is 30.0 Å². The summed E-state index contributed by atoms with van der Waals surface area (Å²) < 4.78 is 31.7. The molecule has 1 saturated carbocycles. The zero-order valence-corrected chi connectivity index (χ0v) is 14.9. The smallest absolute Gasteiger partial charge is 0.182 e. The first-order valence-corrected chi connectivity index (χ1v) is 9.63. The average molecular weight is 366 g/mol. The molecular weight excluding hydrogens is 346 g/mol. The molecule has 2 N–H and O–H groups in total. The molecule has 2 aromatic rings. The lowest BCUT2D eigenvalue weighted by molar-refractivity contribution is 0.142. The molecule has 1 aliphatic carbocycles. The summed E-state index contributed by atoms with van der Waals surface area (Å²) >= 11 is 6.10. The van der Waals surface area contributed by atoms with E-state index in [0.29, 0.717) is 9.92 Å². The molecule has 0 unspecified atom stereocenters. The van der Waals surface area contributed by atoms with Gasteiger partial charge in [-0.25, -0.2) is 8.42 Å². The van der Waals surface area contributed by atoms with Crippen LogP contribution >= 0.6 is 11.6 Å². The number of nitrogens with two attached hydrogens (primary N) is 1. The van der Waals surface area contributed by atoms with E-state index in [9.17, 15) is 8.42 Å². The molecule has 3 rings (SSSR count). The summed E-state index contributed by atoms with van der Waals surface area (Å²) in [5.41, 5.74) is 6.26. The normalized spacial score (nSPS) is 26.3. The topological polar surface area (TPSA) is 69.4 Å². The minimum atomic E-state index is -3.52. The summed E-state index contributed by atoms with van der Waals surface area (Å²) in [6, 6.07) is 15.8. The van der Waals surface area contributed by atoms with Crippen LogP contribution in [0, 0.1) is 5.41 Å². The second-order valence-electron chi connectivity index (χ2n) is 6.18. The van der Waals surface area contributed by atoms with Crippen LogP contribution in [0.1, 0.15) is 11.5 Å². The largest absolute Gasteiger partial charge is 0.384 e. The number of hydrogen-bond donors (Lipinski definition) is 1. The lowest BCUT2D eigenvalue weighted by Crippen LogP contribution is -2.28.